The minimum atomic E-state index is -0.589. The lowest BCUT2D eigenvalue weighted by atomic mass is 9.83. The number of benzene rings is 1. The summed E-state index contributed by atoms with van der Waals surface area (Å²) in [5.41, 5.74) is 0.340. The molecule has 2 aliphatic carbocycles. The third-order valence-electron chi connectivity index (χ3n) is 6.63. The van der Waals surface area contributed by atoms with E-state index in [9.17, 15) is 14.7 Å². The lowest BCUT2D eigenvalue weighted by Crippen LogP contribution is -2.43. The Kier molecular flexibility index (Phi) is 6.26. The molecule has 0 spiro atoms. The molecule has 0 aromatic heterocycles. The minimum Gasteiger partial charge on any atom is -0.484 e. The molecule has 2 amide bonds. The van der Waals surface area contributed by atoms with Gasteiger partial charge in [0.1, 0.15) is 5.75 Å². The number of carbonyl (C=O) groups excluding carboxylic acids is 2. The molecular formula is C23H31ClN2O4. The zero-order valence-corrected chi connectivity index (χ0v) is 18.3. The van der Waals surface area contributed by atoms with E-state index in [0.29, 0.717) is 23.2 Å². The molecule has 0 radical (unpaired) electrons. The highest BCUT2D eigenvalue weighted by Crippen LogP contribution is 2.35. The van der Waals surface area contributed by atoms with Crippen molar-refractivity contribution in [1.29, 1.82) is 0 Å². The monoisotopic (exact) mass is 434 g/mol. The van der Waals surface area contributed by atoms with Gasteiger partial charge in [-0.3, -0.25) is 9.59 Å². The SMILES string of the molecule is CC1(O)CCC(N2CCC(Cc3ccc(OCC(=O)NC4CC4)cc3Cl)C2=O)CC1. The summed E-state index contributed by atoms with van der Waals surface area (Å²) in [7, 11) is 0. The Labute approximate surface area is 182 Å². The van der Waals surface area contributed by atoms with Gasteiger partial charge in [0.15, 0.2) is 6.61 Å². The van der Waals surface area contributed by atoms with Gasteiger partial charge in [-0.25, -0.2) is 0 Å². The highest BCUT2D eigenvalue weighted by atomic mass is 35.5. The number of nitrogens with zero attached hydrogens (tertiary/aromatic N) is 1. The predicted octanol–water partition coefficient (Wildman–Crippen LogP) is 3.08. The second kappa shape index (κ2) is 8.75. The summed E-state index contributed by atoms with van der Waals surface area (Å²) in [6, 6.07) is 5.99. The molecule has 1 aromatic carbocycles. The van der Waals surface area contributed by atoms with E-state index < -0.39 is 5.60 Å². The maximum Gasteiger partial charge on any atom is 0.258 e. The van der Waals surface area contributed by atoms with Crippen LogP contribution in [0.4, 0.5) is 0 Å². The maximum atomic E-state index is 13.0. The number of carbonyl (C=O) groups is 2. The quantitative estimate of drug-likeness (QED) is 0.691. The molecule has 2 saturated carbocycles. The number of nitrogens with one attached hydrogen (secondary N) is 1. The van der Waals surface area contributed by atoms with E-state index in [1.807, 2.05) is 24.0 Å². The van der Waals surface area contributed by atoms with Crippen molar-refractivity contribution in [2.45, 2.75) is 76.0 Å². The zero-order chi connectivity index (χ0) is 21.3. The second-order valence-electron chi connectivity index (χ2n) is 9.33. The number of amides is 2. The third-order valence-corrected chi connectivity index (χ3v) is 6.98. The molecule has 164 valence electrons. The molecule has 1 atom stereocenters. The fraction of sp³-hybridized carbons (Fsp3) is 0.652. The van der Waals surface area contributed by atoms with E-state index >= 15 is 0 Å². The molecule has 30 heavy (non-hydrogen) atoms. The fourth-order valence-corrected chi connectivity index (χ4v) is 4.79. The summed E-state index contributed by atoms with van der Waals surface area (Å²) in [6.45, 7) is 2.65. The number of rotatable bonds is 7. The van der Waals surface area contributed by atoms with Gasteiger partial charge < -0.3 is 20.1 Å². The maximum absolute atomic E-state index is 13.0. The van der Waals surface area contributed by atoms with E-state index in [1.165, 1.54) is 0 Å². The summed E-state index contributed by atoms with van der Waals surface area (Å²) < 4.78 is 5.54. The largest absolute Gasteiger partial charge is 0.484 e. The van der Waals surface area contributed by atoms with Gasteiger partial charge in [0.25, 0.3) is 5.91 Å². The summed E-state index contributed by atoms with van der Waals surface area (Å²) in [6.07, 6.45) is 6.77. The Morgan fingerprint density at radius 3 is 2.67 bits per heavy atom. The van der Waals surface area contributed by atoms with Gasteiger partial charge in [0, 0.05) is 29.6 Å². The van der Waals surface area contributed by atoms with Crippen molar-refractivity contribution in [2.24, 2.45) is 5.92 Å². The Balaban J connectivity index is 1.29. The van der Waals surface area contributed by atoms with Crippen molar-refractivity contribution in [1.82, 2.24) is 10.2 Å². The first-order chi connectivity index (χ1) is 14.3. The molecule has 3 aliphatic rings. The number of hydrogen-bond donors (Lipinski definition) is 2. The lowest BCUT2D eigenvalue weighted by Gasteiger charge is -2.37. The van der Waals surface area contributed by atoms with Crippen LogP contribution < -0.4 is 10.1 Å². The van der Waals surface area contributed by atoms with Crippen LogP contribution >= 0.6 is 11.6 Å². The summed E-state index contributed by atoms with van der Waals surface area (Å²) in [5, 5.41) is 13.6. The van der Waals surface area contributed by atoms with Crippen LogP contribution in [-0.2, 0) is 16.0 Å². The zero-order valence-electron chi connectivity index (χ0n) is 17.5. The van der Waals surface area contributed by atoms with Crippen LogP contribution in [0, 0.1) is 5.92 Å². The molecule has 7 heteroatoms. The Morgan fingerprint density at radius 2 is 2.00 bits per heavy atom. The van der Waals surface area contributed by atoms with Crippen LogP contribution in [0.5, 0.6) is 5.75 Å². The highest BCUT2D eigenvalue weighted by molar-refractivity contribution is 6.31. The molecule has 2 N–H and O–H groups in total. The first-order valence-corrected chi connectivity index (χ1v) is 11.4. The molecule has 1 aromatic rings. The van der Waals surface area contributed by atoms with Crippen LogP contribution in [0.3, 0.4) is 0 Å². The Morgan fingerprint density at radius 1 is 1.27 bits per heavy atom. The lowest BCUT2D eigenvalue weighted by molar-refractivity contribution is -0.134. The van der Waals surface area contributed by atoms with Gasteiger partial charge in [-0.05, 0) is 76.0 Å². The second-order valence-corrected chi connectivity index (χ2v) is 9.74. The first-order valence-electron chi connectivity index (χ1n) is 11.0. The number of halogens is 1. The standard InChI is InChI=1S/C23H31ClN2O4/c1-23(29)9-6-18(7-10-23)26-11-8-16(22(26)28)12-15-2-5-19(13-20(15)24)30-14-21(27)25-17-3-4-17/h2,5,13,16-18,29H,3-4,6-12,14H2,1H3,(H,25,27). The Bertz CT molecular complexity index is 798. The van der Waals surface area contributed by atoms with Crippen LogP contribution in [0.2, 0.25) is 5.02 Å². The average molecular weight is 435 g/mol. The van der Waals surface area contributed by atoms with Crippen LogP contribution in [0.25, 0.3) is 0 Å². The van der Waals surface area contributed by atoms with E-state index in [-0.39, 0.29) is 30.4 Å². The minimum absolute atomic E-state index is 0.0173. The molecule has 6 nitrogen and oxygen atoms in total. The molecule has 3 fully saturated rings. The van der Waals surface area contributed by atoms with Crippen molar-refractivity contribution in [2.75, 3.05) is 13.2 Å². The molecule has 1 unspecified atom stereocenters. The van der Waals surface area contributed by atoms with Gasteiger partial charge in [0.05, 0.1) is 5.60 Å². The van der Waals surface area contributed by atoms with E-state index in [4.69, 9.17) is 16.3 Å². The molecule has 0 bridgehead atoms. The van der Waals surface area contributed by atoms with Crippen molar-refractivity contribution in [3.63, 3.8) is 0 Å². The molecule has 4 rings (SSSR count). The van der Waals surface area contributed by atoms with E-state index in [1.54, 1.807) is 6.07 Å². The van der Waals surface area contributed by atoms with Crippen molar-refractivity contribution in [3.05, 3.63) is 28.8 Å². The molecule has 1 aliphatic heterocycles. The number of likely N-dealkylation sites (tertiary alicyclic amines) is 1. The van der Waals surface area contributed by atoms with Crippen molar-refractivity contribution in [3.8, 4) is 5.75 Å². The molecule has 1 saturated heterocycles. The van der Waals surface area contributed by atoms with Crippen LogP contribution in [0.15, 0.2) is 18.2 Å². The number of hydrogen-bond acceptors (Lipinski definition) is 4. The fourth-order valence-electron chi connectivity index (χ4n) is 4.55. The molecule has 1 heterocycles. The van der Waals surface area contributed by atoms with E-state index in [0.717, 1.165) is 57.1 Å². The van der Waals surface area contributed by atoms with Gasteiger partial charge in [-0.2, -0.15) is 0 Å². The highest BCUT2D eigenvalue weighted by Gasteiger charge is 2.39. The van der Waals surface area contributed by atoms with Crippen molar-refractivity contribution < 1.29 is 19.4 Å². The topological polar surface area (TPSA) is 78.9 Å². The van der Waals surface area contributed by atoms with Gasteiger partial charge in [-0.15, -0.1) is 0 Å². The van der Waals surface area contributed by atoms with Gasteiger partial charge in [-0.1, -0.05) is 17.7 Å². The summed E-state index contributed by atoms with van der Waals surface area (Å²) in [4.78, 5) is 26.7. The summed E-state index contributed by atoms with van der Waals surface area (Å²) in [5.74, 6) is 0.595. The summed E-state index contributed by atoms with van der Waals surface area (Å²) >= 11 is 6.45. The molecular weight excluding hydrogens is 404 g/mol. The Hall–Kier alpha value is -1.79. The van der Waals surface area contributed by atoms with Crippen molar-refractivity contribution >= 4 is 23.4 Å². The normalized spacial score (nSPS) is 29.2. The van der Waals surface area contributed by atoms with Crippen LogP contribution in [-0.4, -0.2) is 52.7 Å². The number of ether oxygens (including phenoxy) is 1. The van der Waals surface area contributed by atoms with E-state index in [2.05, 4.69) is 5.32 Å². The first kappa shape index (κ1) is 21.4. The smallest absolute Gasteiger partial charge is 0.258 e. The number of aliphatic hydroxyl groups is 1. The van der Waals surface area contributed by atoms with Crippen LogP contribution in [0.1, 0.15) is 57.4 Å². The third kappa shape index (κ3) is 5.27. The van der Waals surface area contributed by atoms with Gasteiger partial charge in [0.2, 0.25) is 5.91 Å². The predicted molar refractivity (Wildman–Crippen MR) is 115 cm³/mol. The average Bonchev–Trinajstić information content (AvgIpc) is 3.44. The van der Waals surface area contributed by atoms with Gasteiger partial charge >= 0.3 is 0 Å².